The highest BCUT2D eigenvalue weighted by molar-refractivity contribution is 7.88. The number of carbonyl (C=O) groups excluding carboxylic acids is 1. The second-order valence-corrected chi connectivity index (χ2v) is 6.80. The number of nitrogens with two attached hydrogens (primary N) is 1. The van der Waals surface area contributed by atoms with Gasteiger partial charge in [0.15, 0.2) is 5.78 Å². The third-order valence-corrected chi connectivity index (χ3v) is 4.46. The predicted molar refractivity (Wildman–Crippen MR) is 70.2 cm³/mol. The van der Waals surface area contributed by atoms with Gasteiger partial charge in [0.05, 0.1) is 12.3 Å². The van der Waals surface area contributed by atoms with Crippen LogP contribution in [0.3, 0.4) is 0 Å². The van der Waals surface area contributed by atoms with Crippen molar-refractivity contribution in [2.24, 2.45) is 11.7 Å². The quantitative estimate of drug-likeness (QED) is 0.713. The van der Waals surface area contributed by atoms with Crippen LogP contribution in [0.25, 0.3) is 0 Å². The Labute approximate surface area is 109 Å². The molecule has 1 rings (SSSR count). The summed E-state index contributed by atoms with van der Waals surface area (Å²) in [6.45, 7) is 0.952. The van der Waals surface area contributed by atoms with Crippen LogP contribution in [0.2, 0.25) is 0 Å². The maximum Gasteiger partial charge on any atom is 0.211 e. The highest BCUT2D eigenvalue weighted by atomic mass is 32.2. The maximum atomic E-state index is 11.8. The highest BCUT2D eigenvalue weighted by Gasteiger charge is 2.28. The van der Waals surface area contributed by atoms with E-state index in [4.69, 9.17) is 12.2 Å². The summed E-state index contributed by atoms with van der Waals surface area (Å²) in [5.74, 6) is 2.35. The molecule has 0 aromatic heterocycles. The van der Waals surface area contributed by atoms with Gasteiger partial charge in [-0.15, -0.1) is 12.3 Å². The second kappa shape index (κ2) is 6.32. The third kappa shape index (κ3) is 4.41. The van der Waals surface area contributed by atoms with Gasteiger partial charge in [0, 0.05) is 25.9 Å². The van der Waals surface area contributed by atoms with Crippen molar-refractivity contribution in [3.8, 4) is 12.3 Å². The van der Waals surface area contributed by atoms with Crippen LogP contribution in [-0.4, -0.2) is 43.9 Å². The molecule has 1 saturated heterocycles. The third-order valence-electron chi connectivity index (χ3n) is 3.19. The van der Waals surface area contributed by atoms with Crippen molar-refractivity contribution in [3.63, 3.8) is 0 Å². The molecule has 2 atom stereocenters. The molecule has 1 aliphatic rings. The topological polar surface area (TPSA) is 80.5 Å². The summed E-state index contributed by atoms with van der Waals surface area (Å²) in [6.07, 6.45) is 8.51. The van der Waals surface area contributed by atoms with E-state index in [2.05, 4.69) is 5.92 Å². The molecule has 0 spiro atoms. The van der Waals surface area contributed by atoms with Crippen LogP contribution in [0.1, 0.15) is 25.7 Å². The van der Waals surface area contributed by atoms with Crippen molar-refractivity contribution < 1.29 is 13.2 Å². The molecule has 0 radical (unpaired) electrons. The molecule has 0 bridgehead atoms. The molecule has 0 saturated carbocycles. The molecule has 1 heterocycles. The number of hydrogen-bond donors (Lipinski definition) is 1. The number of nitrogens with zero attached hydrogens (tertiary/aromatic N) is 1. The molecular weight excluding hydrogens is 252 g/mol. The van der Waals surface area contributed by atoms with E-state index in [0.717, 1.165) is 12.8 Å². The number of Topliss-reactive ketones (excluding diaryl/α,β-unsaturated/α-hetero) is 1. The molecule has 1 aliphatic heterocycles. The van der Waals surface area contributed by atoms with E-state index in [1.165, 1.54) is 10.6 Å². The number of hydrogen-bond acceptors (Lipinski definition) is 4. The van der Waals surface area contributed by atoms with E-state index in [9.17, 15) is 13.2 Å². The lowest BCUT2D eigenvalue weighted by atomic mass is 9.91. The first kappa shape index (κ1) is 15.2. The van der Waals surface area contributed by atoms with Crippen molar-refractivity contribution in [2.45, 2.75) is 31.7 Å². The van der Waals surface area contributed by atoms with Gasteiger partial charge in [-0.2, -0.15) is 0 Å². The molecule has 102 valence electrons. The lowest BCUT2D eigenvalue weighted by Crippen LogP contribution is -2.41. The van der Waals surface area contributed by atoms with Crippen molar-refractivity contribution in [2.75, 3.05) is 19.3 Å². The standard InChI is InChI=1S/C12H20N2O3S/c1-3-5-11(13)12(15)8-10-6-4-7-14(9-10)18(2,16)17/h1,10-11H,4-9,13H2,2H3. The molecule has 5 nitrogen and oxygen atoms in total. The molecule has 2 unspecified atom stereocenters. The zero-order chi connectivity index (χ0) is 13.8. The lowest BCUT2D eigenvalue weighted by Gasteiger charge is -2.30. The average Bonchev–Trinajstić information content (AvgIpc) is 2.28. The van der Waals surface area contributed by atoms with Gasteiger partial charge in [-0.25, -0.2) is 12.7 Å². The summed E-state index contributed by atoms with van der Waals surface area (Å²) in [7, 11) is -3.17. The van der Waals surface area contributed by atoms with Crippen LogP contribution in [0, 0.1) is 18.3 Å². The van der Waals surface area contributed by atoms with Gasteiger partial charge in [0.2, 0.25) is 10.0 Å². The molecule has 0 aromatic rings. The summed E-state index contributed by atoms with van der Waals surface area (Å²) in [4.78, 5) is 11.8. The Morgan fingerprint density at radius 3 is 2.83 bits per heavy atom. The van der Waals surface area contributed by atoms with Crippen LogP contribution < -0.4 is 5.73 Å². The lowest BCUT2D eigenvalue weighted by molar-refractivity contribution is -0.121. The average molecular weight is 272 g/mol. The number of piperidine rings is 1. The SMILES string of the molecule is C#CCC(N)C(=O)CC1CCCN(S(C)(=O)=O)C1. The molecule has 2 N–H and O–H groups in total. The number of sulfonamides is 1. The van der Waals surface area contributed by atoms with E-state index in [0.29, 0.717) is 19.5 Å². The van der Waals surface area contributed by atoms with Crippen LogP contribution in [0.5, 0.6) is 0 Å². The number of rotatable bonds is 5. The molecule has 6 heteroatoms. The Bertz CT molecular complexity index is 439. The van der Waals surface area contributed by atoms with Crippen LogP contribution >= 0.6 is 0 Å². The van der Waals surface area contributed by atoms with Gasteiger partial charge in [-0.05, 0) is 18.8 Å². The van der Waals surface area contributed by atoms with E-state index in [1.54, 1.807) is 0 Å². The predicted octanol–water partition coefficient (Wildman–Crippen LogP) is -0.0322. The van der Waals surface area contributed by atoms with Gasteiger partial charge in [0.1, 0.15) is 0 Å². The van der Waals surface area contributed by atoms with Gasteiger partial charge in [0.25, 0.3) is 0 Å². The minimum Gasteiger partial charge on any atom is -0.321 e. The number of ketones is 1. The van der Waals surface area contributed by atoms with Crippen LogP contribution in [0.4, 0.5) is 0 Å². The molecule has 0 aliphatic carbocycles. The molecule has 18 heavy (non-hydrogen) atoms. The maximum absolute atomic E-state index is 11.8. The smallest absolute Gasteiger partial charge is 0.211 e. The first-order valence-electron chi connectivity index (χ1n) is 6.01. The highest BCUT2D eigenvalue weighted by Crippen LogP contribution is 2.22. The zero-order valence-corrected chi connectivity index (χ0v) is 11.4. The minimum absolute atomic E-state index is 0.0600. The molecule has 1 fully saturated rings. The minimum atomic E-state index is -3.17. The Balaban J connectivity index is 2.53. The van der Waals surface area contributed by atoms with Gasteiger partial charge < -0.3 is 5.73 Å². The molecule has 0 aromatic carbocycles. The summed E-state index contributed by atoms with van der Waals surface area (Å²) in [5, 5.41) is 0. The Morgan fingerprint density at radius 2 is 2.28 bits per heavy atom. The fraction of sp³-hybridized carbons (Fsp3) is 0.750. The Morgan fingerprint density at radius 1 is 1.61 bits per heavy atom. The van der Waals surface area contributed by atoms with Gasteiger partial charge in [-0.1, -0.05) is 0 Å². The largest absolute Gasteiger partial charge is 0.321 e. The van der Waals surface area contributed by atoms with E-state index >= 15 is 0 Å². The van der Waals surface area contributed by atoms with Crippen LogP contribution in [0.15, 0.2) is 0 Å². The number of carbonyl (C=O) groups is 1. The summed E-state index contributed by atoms with van der Waals surface area (Å²) < 4.78 is 24.3. The van der Waals surface area contributed by atoms with Crippen molar-refractivity contribution in [1.82, 2.24) is 4.31 Å². The van der Waals surface area contributed by atoms with E-state index in [-0.39, 0.29) is 18.1 Å². The van der Waals surface area contributed by atoms with E-state index < -0.39 is 16.1 Å². The summed E-state index contributed by atoms with van der Waals surface area (Å²) in [6, 6.07) is -0.622. The monoisotopic (exact) mass is 272 g/mol. The van der Waals surface area contributed by atoms with Gasteiger partial charge >= 0.3 is 0 Å². The normalized spacial score (nSPS) is 23.3. The zero-order valence-electron chi connectivity index (χ0n) is 10.6. The Kier molecular flexibility index (Phi) is 5.32. The summed E-state index contributed by atoms with van der Waals surface area (Å²) in [5.41, 5.74) is 5.64. The summed E-state index contributed by atoms with van der Waals surface area (Å²) >= 11 is 0. The fourth-order valence-electron chi connectivity index (χ4n) is 2.17. The van der Waals surface area contributed by atoms with E-state index in [1.807, 2.05) is 0 Å². The van der Waals surface area contributed by atoms with Crippen LogP contribution in [-0.2, 0) is 14.8 Å². The van der Waals surface area contributed by atoms with Crippen molar-refractivity contribution in [3.05, 3.63) is 0 Å². The first-order chi connectivity index (χ1) is 8.34. The second-order valence-electron chi connectivity index (χ2n) is 4.81. The Hall–Kier alpha value is -0.900. The molecule has 0 amide bonds. The van der Waals surface area contributed by atoms with Crippen molar-refractivity contribution in [1.29, 1.82) is 0 Å². The first-order valence-corrected chi connectivity index (χ1v) is 7.86. The molecular formula is C12H20N2O3S. The van der Waals surface area contributed by atoms with Crippen molar-refractivity contribution >= 4 is 15.8 Å². The van der Waals surface area contributed by atoms with Gasteiger partial charge in [-0.3, -0.25) is 4.79 Å². The number of terminal acetylenes is 1. The fourth-order valence-corrected chi connectivity index (χ4v) is 3.11.